The highest BCUT2D eigenvalue weighted by molar-refractivity contribution is 5.93. The van der Waals surface area contributed by atoms with Gasteiger partial charge in [0.2, 0.25) is 0 Å². The summed E-state index contributed by atoms with van der Waals surface area (Å²) in [7, 11) is 3.09. The number of carbonyl (C=O) groups excluding carboxylic acids is 2. The van der Waals surface area contributed by atoms with Crippen molar-refractivity contribution in [1.82, 2.24) is 19.4 Å². The molecule has 3 heterocycles. The number of hydrogen-bond acceptors (Lipinski definition) is 6. The van der Waals surface area contributed by atoms with Crippen molar-refractivity contribution in [3.8, 4) is 0 Å². The second kappa shape index (κ2) is 6.28. The summed E-state index contributed by atoms with van der Waals surface area (Å²) in [5, 5.41) is 10.3. The minimum absolute atomic E-state index is 0.102. The topological polar surface area (TPSA) is 101 Å². The van der Waals surface area contributed by atoms with Crippen molar-refractivity contribution in [3.63, 3.8) is 0 Å². The fourth-order valence-corrected chi connectivity index (χ4v) is 2.50. The predicted octanol–water partition coefficient (Wildman–Crippen LogP) is 0.628. The lowest BCUT2D eigenvalue weighted by Gasteiger charge is -2.34. The number of hydrogen-bond donors (Lipinski definition) is 1. The zero-order valence-corrected chi connectivity index (χ0v) is 13.3. The zero-order valence-electron chi connectivity index (χ0n) is 13.3. The number of rotatable bonds is 4. The Balaban J connectivity index is 1.69. The van der Waals surface area contributed by atoms with Crippen molar-refractivity contribution in [2.75, 3.05) is 25.6 Å². The molecular formula is C15H17N5O4. The van der Waals surface area contributed by atoms with Gasteiger partial charge in [0.15, 0.2) is 12.0 Å². The maximum atomic E-state index is 11.9. The van der Waals surface area contributed by atoms with E-state index in [0.717, 1.165) is 0 Å². The molecule has 9 heteroatoms. The van der Waals surface area contributed by atoms with E-state index in [1.807, 2.05) is 0 Å². The number of pyridine rings is 1. The molecule has 2 amide bonds. The minimum Gasteiger partial charge on any atom is -0.460 e. The van der Waals surface area contributed by atoms with Gasteiger partial charge < -0.3 is 14.4 Å². The molecule has 1 atom stereocenters. The second-order valence-electron chi connectivity index (χ2n) is 5.35. The van der Waals surface area contributed by atoms with Crippen molar-refractivity contribution in [2.45, 2.75) is 12.8 Å². The molecule has 0 saturated heterocycles. The highest BCUT2D eigenvalue weighted by atomic mass is 16.5. The van der Waals surface area contributed by atoms with Crippen molar-refractivity contribution < 1.29 is 19.4 Å². The Hall–Kier alpha value is -2.94. The lowest BCUT2D eigenvalue weighted by atomic mass is 10.2. The number of anilines is 1. The maximum absolute atomic E-state index is 11.9. The van der Waals surface area contributed by atoms with Gasteiger partial charge in [-0.15, -0.1) is 0 Å². The monoisotopic (exact) mass is 331 g/mol. The first-order chi connectivity index (χ1) is 11.5. The normalized spacial score (nSPS) is 17.0. The summed E-state index contributed by atoms with van der Waals surface area (Å²) in [5.74, 6) is -0.0776. The largest absolute Gasteiger partial charge is 0.460 e. The molecule has 126 valence electrons. The zero-order chi connectivity index (χ0) is 17.3. The smallest absolute Gasteiger partial charge is 0.339 e. The Morgan fingerprint density at radius 1 is 1.42 bits per heavy atom. The number of esters is 1. The number of urea groups is 1. The van der Waals surface area contributed by atoms with E-state index in [9.17, 15) is 14.7 Å². The van der Waals surface area contributed by atoms with Crippen LogP contribution < -0.4 is 4.90 Å². The summed E-state index contributed by atoms with van der Waals surface area (Å²) < 4.78 is 6.86. The van der Waals surface area contributed by atoms with Gasteiger partial charge in [0.25, 0.3) is 0 Å². The van der Waals surface area contributed by atoms with Gasteiger partial charge in [-0.05, 0) is 12.1 Å². The molecule has 0 bridgehead atoms. The van der Waals surface area contributed by atoms with E-state index >= 15 is 0 Å². The van der Waals surface area contributed by atoms with Crippen LogP contribution in [0.4, 0.5) is 10.6 Å². The van der Waals surface area contributed by atoms with Crippen LogP contribution in [0, 0.1) is 0 Å². The quantitative estimate of drug-likeness (QED) is 0.825. The number of nitrogens with zero attached hydrogens (tertiary/aromatic N) is 5. The van der Waals surface area contributed by atoms with Gasteiger partial charge in [-0.2, -0.15) is 0 Å². The van der Waals surface area contributed by atoms with Gasteiger partial charge in [-0.25, -0.2) is 14.6 Å². The fourth-order valence-electron chi connectivity index (χ4n) is 2.50. The van der Waals surface area contributed by atoms with Gasteiger partial charge in [0, 0.05) is 26.5 Å². The van der Waals surface area contributed by atoms with Crippen LogP contribution in [0.25, 0.3) is 0 Å². The van der Waals surface area contributed by atoms with Crippen LogP contribution in [0.1, 0.15) is 22.3 Å². The molecule has 9 nitrogen and oxygen atoms in total. The van der Waals surface area contributed by atoms with E-state index in [4.69, 9.17) is 4.74 Å². The summed E-state index contributed by atoms with van der Waals surface area (Å²) >= 11 is 0. The first-order valence-corrected chi connectivity index (χ1v) is 7.31. The predicted molar refractivity (Wildman–Crippen MR) is 83.3 cm³/mol. The SMILES string of the molecule is CN1C(=O)N(C)C(O)c2c1ncn2CCOC(=O)c1cccnc1. The number of carbonyl (C=O) groups is 2. The second-order valence-corrected chi connectivity index (χ2v) is 5.35. The van der Waals surface area contributed by atoms with E-state index in [2.05, 4.69) is 9.97 Å². The van der Waals surface area contributed by atoms with E-state index in [1.54, 1.807) is 29.9 Å². The van der Waals surface area contributed by atoms with Crippen LogP contribution in [0.3, 0.4) is 0 Å². The van der Waals surface area contributed by atoms with E-state index in [1.165, 1.54) is 29.4 Å². The van der Waals surface area contributed by atoms with Crippen molar-refractivity contribution in [3.05, 3.63) is 42.1 Å². The maximum Gasteiger partial charge on any atom is 0.339 e. The van der Waals surface area contributed by atoms with Crippen LogP contribution in [-0.4, -0.2) is 57.2 Å². The van der Waals surface area contributed by atoms with Crippen LogP contribution in [0.15, 0.2) is 30.9 Å². The van der Waals surface area contributed by atoms with Gasteiger partial charge in [-0.1, -0.05) is 0 Å². The molecular weight excluding hydrogens is 314 g/mol. The van der Waals surface area contributed by atoms with Crippen LogP contribution >= 0.6 is 0 Å². The van der Waals surface area contributed by atoms with Crippen molar-refractivity contribution in [2.24, 2.45) is 0 Å². The Morgan fingerprint density at radius 2 is 2.21 bits per heavy atom. The lowest BCUT2D eigenvalue weighted by Crippen LogP contribution is -2.46. The molecule has 1 N–H and O–H groups in total. The molecule has 0 fully saturated rings. The van der Waals surface area contributed by atoms with Crippen LogP contribution in [-0.2, 0) is 11.3 Å². The molecule has 0 radical (unpaired) electrons. The van der Waals surface area contributed by atoms with Crippen LogP contribution in [0.5, 0.6) is 0 Å². The lowest BCUT2D eigenvalue weighted by molar-refractivity contribution is 0.0353. The number of aliphatic hydroxyl groups excluding tert-OH is 1. The first kappa shape index (κ1) is 15.9. The summed E-state index contributed by atoms with van der Waals surface area (Å²) in [5.41, 5.74) is 0.854. The third-order valence-corrected chi connectivity index (χ3v) is 3.84. The fraction of sp³-hybridized carbons (Fsp3) is 0.333. The van der Waals surface area contributed by atoms with Gasteiger partial charge in [0.1, 0.15) is 12.3 Å². The van der Waals surface area contributed by atoms with E-state index < -0.39 is 12.2 Å². The molecule has 0 aromatic carbocycles. The van der Waals surface area contributed by atoms with Crippen molar-refractivity contribution in [1.29, 1.82) is 0 Å². The Bertz CT molecular complexity index is 760. The summed E-state index contributed by atoms with van der Waals surface area (Å²) in [4.78, 5) is 34.4. The Morgan fingerprint density at radius 3 is 2.92 bits per heavy atom. The minimum atomic E-state index is -1.10. The molecule has 1 unspecified atom stereocenters. The summed E-state index contributed by atoms with van der Waals surface area (Å²) in [6.45, 7) is 0.409. The number of aliphatic hydroxyl groups is 1. The number of ether oxygens (including phenoxy) is 1. The molecule has 2 aromatic heterocycles. The third kappa shape index (κ3) is 2.69. The van der Waals surface area contributed by atoms with Crippen molar-refractivity contribution >= 4 is 17.8 Å². The molecule has 1 aliphatic rings. The number of fused-ring (bicyclic) bond motifs is 1. The highest BCUT2D eigenvalue weighted by Crippen LogP contribution is 2.32. The molecule has 24 heavy (non-hydrogen) atoms. The van der Waals surface area contributed by atoms with Gasteiger partial charge >= 0.3 is 12.0 Å². The van der Waals surface area contributed by atoms with Gasteiger partial charge in [0.05, 0.1) is 18.4 Å². The highest BCUT2D eigenvalue weighted by Gasteiger charge is 2.36. The van der Waals surface area contributed by atoms with E-state index in [0.29, 0.717) is 23.6 Å². The average molecular weight is 331 g/mol. The van der Waals surface area contributed by atoms with Crippen LogP contribution in [0.2, 0.25) is 0 Å². The molecule has 1 aliphatic heterocycles. The average Bonchev–Trinajstić information content (AvgIpc) is 3.03. The molecule has 0 spiro atoms. The molecule has 0 aliphatic carbocycles. The Labute approximate surface area is 138 Å². The van der Waals surface area contributed by atoms with Gasteiger partial charge in [-0.3, -0.25) is 14.8 Å². The molecule has 2 aromatic rings. The summed E-state index contributed by atoms with van der Waals surface area (Å²) in [6, 6.07) is 2.93. The number of aromatic nitrogens is 3. The number of amides is 2. The van der Waals surface area contributed by atoms with E-state index in [-0.39, 0.29) is 12.6 Å². The molecule has 0 saturated carbocycles. The molecule has 3 rings (SSSR count). The Kier molecular flexibility index (Phi) is 4.17. The summed E-state index contributed by atoms with van der Waals surface area (Å²) in [6.07, 6.45) is 3.42. The number of imidazole rings is 1. The third-order valence-electron chi connectivity index (χ3n) is 3.84. The standard InChI is InChI=1S/C15H17N5O4/c1-18-12-11(13(21)19(2)15(18)23)20(9-17-12)6-7-24-14(22)10-4-3-5-16-8-10/h3-5,8-9,13,21H,6-7H2,1-2H3. The first-order valence-electron chi connectivity index (χ1n) is 7.31.